The molecule has 0 bridgehead atoms. The Morgan fingerprint density at radius 1 is 0.745 bits per heavy atom. The zero-order valence-corrected chi connectivity index (χ0v) is 34.4. The number of benzene rings is 2. The molecule has 3 unspecified atom stereocenters. The van der Waals surface area contributed by atoms with Gasteiger partial charge in [-0.15, -0.1) is 0 Å². The maximum absolute atomic E-state index is 6.71. The van der Waals surface area contributed by atoms with Crippen molar-refractivity contribution < 1.29 is 18.3 Å². The van der Waals surface area contributed by atoms with E-state index in [1.807, 2.05) is 0 Å². The molecule has 0 saturated carbocycles. The number of rotatable bonds is 16. The van der Waals surface area contributed by atoms with Crippen LogP contribution in [0.5, 0.6) is 0 Å². The van der Waals surface area contributed by atoms with E-state index in [0.29, 0.717) is 0 Å². The lowest BCUT2D eigenvalue weighted by atomic mass is 9.80. The summed E-state index contributed by atoms with van der Waals surface area (Å²) in [6, 6.07) is 16.1. The zero-order chi connectivity index (χ0) is 34.8. The van der Waals surface area contributed by atoms with Gasteiger partial charge < -0.3 is 18.3 Å². The van der Waals surface area contributed by atoms with Crippen molar-refractivity contribution in [3.63, 3.8) is 0 Å². The summed E-state index contributed by atoms with van der Waals surface area (Å²) >= 11 is 0. The second-order valence-electron chi connectivity index (χ2n) is 17.1. The molecule has 0 aliphatic carbocycles. The smallest absolute Gasteiger partial charge is 0.171 e. The highest BCUT2D eigenvalue weighted by Crippen LogP contribution is 2.42. The second-order valence-corrected chi connectivity index (χ2v) is 21.8. The average Bonchev–Trinajstić information content (AvgIpc) is 2.96. The first-order chi connectivity index (χ1) is 21.9. The lowest BCUT2D eigenvalue weighted by Gasteiger charge is -2.36. The van der Waals surface area contributed by atoms with Crippen LogP contribution in [0.4, 0.5) is 0 Å². The van der Waals surface area contributed by atoms with E-state index in [2.05, 4.69) is 136 Å². The third-order valence-electron chi connectivity index (χ3n) is 8.75. The van der Waals surface area contributed by atoms with Crippen LogP contribution in [0.1, 0.15) is 140 Å². The predicted octanol–water partition coefficient (Wildman–Crippen LogP) is 11.5. The van der Waals surface area contributed by atoms with Gasteiger partial charge >= 0.3 is 0 Å². The predicted molar refractivity (Wildman–Crippen MR) is 207 cm³/mol. The lowest BCUT2D eigenvalue weighted by Crippen LogP contribution is -2.34. The Labute approximate surface area is 292 Å². The molecule has 2 aromatic carbocycles. The summed E-state index contributed by atoms with van der Waals surface area (Å²) in [7, 11) is -2.53. The molecule has 3 rings (SSSR count). The molecule has 1 aliphatic heterocycles. The van der Waals surface area contributed by atoms with Crippen molar-refractivity contribution in [1.29, 1.82) is 0 Å². The summed E-state index contributed by atoms with van der Waals surface area (Å²) in [5.74, 6) is 0. The van der Waals surface area contributed by atoms with Crippen LogP contribution in [-0.2, 0) is 24.7 Å². The number of ether oxygens (including phenoxy) is 2. The normalized spacial score (nSPS) is 18.0. The first-order valence-corrected chi connectivity index (χ1v) is 24.0. The first-order valence-electron chi connectivity index (χ1n) is 18.5. The molecule has 4 nitrogen and oxygen atoms in total. The minimum absolute atomic E-state index is 0.0112. The van der Waals surface area contributed by atoms with Crippen LogP contribution in [0.25, 0.3) is 12.2 Å². The quantitative estimate of drug-likeness (QED) is 0.100. The average molecular weight is 681 g/mol. The van der Waals surface area contributed by atoms with Crippen molar-refractivity contribution in [3.05, 3.63) is 70.3 Å². The van der Waals surface area contributed by atoms with Gasteiger partial charge in [0.1, 0.15) is 0 Å². The van der Waals surface area contributed by atoms with Gasteiger partial charge in [0.2, 0.25) is 0 Å². The summed E-state index contributed by atoms with van der Waals surface area (Å²) < 4.78 is 25.5. The minimum atomic E-state index is -1.27. The largest absolute Gasteiger partial charge is 0.413 e. The van der Waals surface area contributed by atoms with Crippen molar-refractivity contribution in [1.82, 2.24) is 0 Å². The Balaban J connectivity index is 1.74. The van der Waals surface area contributed by atoms with Crippen LogP contribution in [0, 0.1) is 10.8 Å². The van der Waals surface area contributed by atoms with E-state index in [0.717, 1.165) is 32.3 Å². The van der Waals surface area contributed by atoms with E-state index in [1.54, 1.807) is 0 Å². The van der Waals surface area contributed by atoms with Crippen molar-refractivity contribution >= 4 is 30.2 Å². The van der Waals surface area contributed by atoms with Crippen molar-refractivity contribution in [2.75, 3.05) is 6.61 Å². The highest BCUT2D eigenvalue weighted by molar-refractivity contribution is 6.48. The van der Waals surface area contributed by atoms with Crippen molar-refractivity contribution in [2.45, 2.75) is 157 Å². The molecule has 0 N–H and O–H groups in total. The van der Waals surface area contributed by atoms with Crippen LogP contribution in [-0.4, -0.2) is 36.6 Å². The lowest BCUT2D eigenvalue weighted by molar-refractivity contribution is -0.217. The van der Waals surface area contributed by atoms with Crippen LogP contribution >= 0.6 is 0 Å². The van der Waals surface area contributed by atoms with Crippen molar-refractivity contribution in [3.8, 4) is 0 Å². The summed E-state index contributed by atoms with van der Waals surface area (Å²) in [5, 5.41) is 0. The highest BCUT2D eigenvalue weighted by Gasteiger charge is 2.32. The van der Waals surface area contributed by atoms with E-state index in [4.69, 9.17) is 18.3 Å². The van der Waals surface area contributed by atoms with E-state index in [1.165, 1.54) is 53.5 Å². The van der Waals surface area contributed by atoms with Gasteiger partial charge in [-0.05, 0) is 129 Å². The van der Waals surface area contributed by atoms with Gasteiger partial charge in [-0.1, -0.05) is 96.9 Å². The SMILES string of the molecule is C[SiH](C)OC(c1cc(C=Cc2cccc(CCCCCC(C)(C)OC3CCCCO3)c2)cc(C(O[SiH](C)C)C(C)(C)C)c1)C(C)(C)C. The Bertz CT molecular complexity index is 1200. The fraction of sp³-hybridized carbons (Fsp3) is 0.659. The monoisotopic (exact) mass is 680 g/mol. The fourth-order valence-corrected chi connectivity index (χ4v) is 8.75. The third-order valence-corrected chi connectivity index (χ3v) is 10.4. The van der Waals surface area contributed by atoms with Crippen LogP contribution in [0.3, 0.4) is 0 Å². The molecule has 0 spiro atoms. The van der Waals surface area contributed by atoms with Gasteiger partial charge in [-0.2, -0.15) is 0 Å². The first kappa shape index (κ1) is 39.9. The molecule has 6 heteroatoms. The molecular weight excluding hydrogens is 613 g/mol. The van der Waals surface area contributed by atoms with Gasteiger partial charge in [-0.3, -0.25) is 0 Å². The molecule has 0 amide bonds. The number of hydrogen-bond acceptors (Lipinski definition) is 4. The fourth-order valence-electron chi connectivity index (χ4n) is 6.53. The van der Waals surface area contributed by atoms with E-state index < -0.39 is 18.1 Å². The molecule has 3 atom stereocenters. The Morgan fingerprint density at radius 3 is 1.87 bits per heavy atom. The number of unbranched alkanes of at least 4 members (excludes halogenated alkanes) is 2. The van der Waals surface area contributed by atoms with Crippen LogP contribution < -0.4 is 0 Å². The second kappa shape index (κ2) is 17.9. The molecule has 1 aliphatic rings. The summed E-state index contributed by atoms with van der Waals surface area (Å²) in [6.45, 7) is 28.1. The topological polar surface area (TPSA) is 36.9 Å². The molecule has 1 fully saturated rings. The maximum atomic E-state index is 6.71. The van der Waals surface area contributed by atoms with Crippen molar-refractivity contribution in [2.24, 2.45) is 10.8 Å². The molecular formula is C41H68O4Si2. The van der Waals surface area contributed by atoms with E-state index in [9.17, 15) is 0 Å². The van der Waals surface area contributed by atoms with Crippen LogP contribution in [0.15, 0.2) is 42.5 Å². The van der Waals surface area contributed by atoms with Gasteiger partial charge in [0.05, 0.1) is 17.8 Å². The Kier molecular flexibility index (Phi) is 15.2. The van der Waals surface area contributed by atoms with Gasteiger partial charge in [0.25, 0.3) is 0 Å². The standard InChI is InChI=1S/C41H68O4Si2/c1-39(2,3)37(44-46(9)10)34-28-33(29-35(30-34)38(40(4,5)6)45-47(11)12)24-23-32-21-18-20-31(27-32)19-14-13-16-25-41(7,8)43-36-22-15-17-26-42-36/h18,20-21,23-24,27-30,36-38,46-47H,13-17,19,22,25-26H2,1-12H3. The number of hydrogen-bond donors (Lipinski definition) is 0. The highest BCUT2D eigenvalue weighted by atomic mass is 28.3. The third kappa shape index (κ3) is 14.1. The molecule has 0 radical (unpaired) electrons. The van der Waals surface area contributed by atoms with Crippen LogP contribution in [0.2, 0.25) is 26.2 Å². The van der Waals surface area contributed by atoms with E-state index >= 15 is 0 Å². The summed E-state index contributed by atoms with van der Waals surface area (Å²) in [4.78, 5) is 0. The Hall–Kier alpha value is -1.55. The maximum Gasteiger partial charge on any atom is 0.171 e. The molecule has 2 aromatic rings. The van der Waals surface area contributed by atoms with Gasteiger partial charge in [0, 0.05) is 6.61 Å². The van der Waals surface area contributed by atoms with Gasteiger partial charge in [-0.25, -0.2) is 0 Å². The molecule has 1 saturated heterocycles. The number of aryl methyl sites for hydroxylation is 1. The van der Waals surface area contributed by atoms with E-state index in [-0.39, 0.29) is 34.9 Å². The molecule has 1 heterocycles. The molecule has 0 aromatic heterocycles. The summed E-state index contributed by atoms with van der Waals surface area (Å²) in [6.07, 6.45) is 13.7. The Morgan fingerprint density at radius 2 is 1.34 bits per heavy atom. The zero-order valence-electron chi connectivity index (χ0n) is 32.1. The minimum Gasteiger partial charge on any atom is -0.413 e. The van der Waals surface area contributed by atoms with Gasteiger partial charge in [0.15, 0.2) is 24.4 Å². The summed E-state index contributed by atoms with van der Waals surface area (Å²) in [5.41, 5.74) is 6.21. The molecule has 264 valence electrons. The molecule has 47 heavy (non-hydrogen) atoms.